The van der Waals surface area contributed by atoms with Gasteiger partial charge in [0.05, 0.1) is 19.8 Å². The fraction of sp³-hybridized carbons (Fsp3) is 0.889. The van der Waals surface area contributed by atoms with Crippen molar-refractivity contribution in [3.8, 4) is 0 Å². The largest absolute Gasteiger partial charge is 0.472 e. The van der Waals surface area contributed by atoms with Crippen molar-refractivity contribution < 1.29 is 47.8 Å². The van der Waals surface area contributed by atoms with E-state index in [2.05, 4.69) is 38.2 Å². The Morgan fingerprint density at radius 1 is 0.462 bits per heavy atom. The summed E-state index contributed by atoms with van der Waals surface area (Å²) < 4.78 is 32.9. The highest BCUT2D eigenvalue weighted by atomic mass is 31.2. The summed E-state index contributed by atoms with van der Waals surface area (Å²) in [4.78, 5) is 35.2. The number of carbonyl (C=O) groups excluding carboxylic acids is 2. The third-order valence-electron chi connectivity index (χ3n) is 12.1. The van der Waals surface area contributed by atoms with E-state index in [4.69, 9.17) is 23.6 Å². The Bertz CT molecular complexity index is 1130. The van der Waals surface area contributed by atoms with Crippen LogP contribution >= 0.6 is 7.82 Å². The summed E-state index contributed by atoms with van der Waals surface area (Å²) in [5.41, 5.74) is 0. The van der Waals surface area contributed by atoms with Gasteiger partial charge >= 0.3 is 19.8 Å². The van der Waals surface area contributed by atoms with Gasteiger partial charge < -0.3 is 24.6 Å². The number of ether oxygens (including phenoxy) is 2. The van der Waals surface area contributed by atoms with E-state index in [-0.39, 0.29) is 19.4 Å². The lowest BCUT2D eigenvalue weighted by molar-refractivity contribution is -0.161. The van der Waals surface area contributed by atoms with Gasteiger partial charge in [0, 0.05) is 12.8 Å². The first-order valence-corrected chi connectivity index (χ1v) is 28.8. The Morgan fingerprint density at radius 3 is 1.18 bits per heavy atom. The van der Waals surface area contributed by atoms with Crippen molar-refractivity contribution >= 4 is 19.8 Å². The first-order valence-electron chi connectivity index (χ1n) is 27.3. The van der Waals surface area contributed by atoms with Gasteiger partial charge in [-0.2, -0.15) is 0 Å². The van der Waals surface area contributed by atoms with E-state index in [9.17, 15) is 24.2 Å². The fourth-order valence-corrected chi connectivity index (χ4v) is 8.70. The van der Waals surface area contributed by atoms with Gasteiger partial charge in [-0.15, -0.1) is 0 Å². The molecule has 65 heavy (non-hydrogen) atoms. The summed E-state index contributed by atoms with van der Waals surface area (Å²) in [7, 11) is -4.62. The molecular formula is C54H103O10P. The molecule has 0 rings (SSSR count). The lowest BCUT2D eigenvalue weighted by Crippen LogP contribution is -2.29. The number of rotatable bonds is 52. The van der Waals surface area contributed by atoms with Crippen LogP contribution < -0.4 is 0 Å². The molecule has 0 saturated carbocycles. The second-order valence-corrected chi connectivity index (χ2v) is 20.1. The molecule has 3 N–H and O–H groups in total. The molecule has 3 atom stereocenters. The average molecular weight is 943 g/mol. The monoisotopic (exact) mass is 943 g/mol. The van der Waals surface area contributed by atoms with Crippen molar-refractivity contribution in [2.45, 2.75) is 283 Å². The van der Waals surface area contributed by atoms with Crippen molar-refractivity contribution in [3.05, 3.63) is 24.3 Å². The van der Waals surface area contributed by atoms with Crippen LogP contribution in [-0.4, -0.2) is 65.7 Å². The maximum absolute atomic E-state index is 12.7. The molecule has 0 amide bonds. The van der Waals surface area contributed by atoms with Crippen LogP contribution in [0.2, 0.25) is 0 Å². The van der Waals surface area contributed by atoms with Gasteiger partial charge in [-0.1, -0.05) is 237 Å². The quantitative estimate of drug-likeness (QED) is 0.0233. The van der Waals surface area contributed by atoms with Crippen LogP contribution in [0.15, 0.2) is 24.3 Å². The van der Waals surface area contributed by atoms with Gasteiger partial charge in [0.25, 0.3) is 0 Å². The average Bonchev–Trinajstić information content (AvgIpc) is 3.30. The Labute approximate surface area is 399 Å². The van der Waals surface area contributed by atoms with E-state index in [0.29, 0.717) is 12.8 Å². The molecule has 3 unspecified atom stereocenters. The highest BCUT2D eigenvalue weighted by Gasteiger charge is 2.27. The van der Waals surface area contributed by atoms with Crippen molar-refractivity contribution in [1.29, 1.82) is 0 Å². The van der Waals surface area contributed by atoms with Crippen LogP contribution in [0.4, 0.5) is 0 Å². The number of phosphoric ester groups is 1. The number of hydrogen-bond donors (Lipinski definition) is 3. The second-order valence-electron chi connectivity index (χ2n) is 18.6. The molecule has 0 spiro atoms. The summed E-state index contributed by atoms with van der Waals surface area (Å²) in [6, 6.07) is 0. The zero-order valence-corrected chi connectivity index (χ0v) is 43.1. The molecule has 0 radical (unpaired) electrons. The molecule has 0 aliphatic rings. The van der Waals surface area contributed by atoms with Gasteiger partial charge in [-0.3, -0.25) is 18.6 Å². The van der Waals surface area contributed by atoms with Crippen LogP contribution in [0, 0.1) is 0 Å². The van der Waals surface area contributed by atoms with Crippen LogP contribution in [0.3, 0.4) is 0 Å². The zero-order chi connectivity index (χ0) is 47.6. The zero-order valence-electron chi connectivity index (χ0n) is 42.2. The van der Waals surface area contributed by atoms with E-state index in [1.54, 1.807) is 0 Å². The first-order chi connectivity index (χ1) is 31.7. The summed E-state index contributed by atoms with van der Waals surface area (Å²) in [6.45, 7) is 2.43. The van der Waals surface area contributed by atoms with Crippen molar-refractivity contribution in [1.82, 2.24) is 0 Å². The third-order valence-corrected chi connectivity index (χ3v) is 13.1. The molecule has 0 saturated heterocycles. The van der Waals surface area contributed by atoms with Gasteiger partial charge in [0.15, 0.2) is 6.10 Å². The van der Waals surface area contributed by atoms with Crippen LogP contribution in [0.5, 0.6) is 0 Å². The lowest BCUT2D eigenvalue weighted by Gasteiger charge is -2.20. The van der Waals surface area contributed by atoms with Crippen molar-refractivity contribution in [3.63, 3.8) is 0 Å². The molecule has 0 bridgehead atoms. The Balaban J connectivity index is 4.11. The summed E-state index contributed by atoms with van der Waals surface area (Å²) >= 11 is 0. The predicted molar refractivity (Wildman–Crippen MR) is 270 cm³/mol. The number of carbonyl (C=O) groups is 2. The van der Waals surface area contributed by atoms with E-state index in [1.165, 1.54) is 186 Å². The second kappa shape index (κ2) is 50.3. The number of esters is 2. The highest BCUT2D eigenvalue weighted by Crippen LogP contribution is 2.43. The predicted octanol–water partition coefficient (Wildman–Crippen LogP) is 15.7. The molecule has 10 nitrogen and oxygen atoms in total. The number of phosphoric acid groups is 1. The maximum Gasteiger partial charge on any atom is 0.472 e. The Morgan fingerprint density at radius 2 is 0.800 bits per heavy atom. The number of hydrogen-bond acceptors (Lipinski definition) is 9. The normalized spacial score (nSPS) is 13.7. The van der Waals surface area contributed by atoms with Gasteiger partial charge in [-0.25, -0.2) is 4.57 Å². The lowest BCUT2D eigenvalue weighted by atomic mass is 10.0. The van der Waals surface area contributed by atoms with Gasteiger partial charge in [0.2, 0.25) is 0 Å². The minimum Gasteiger partial charge on any atom is -0.462 e. The molecule has 11 heteroatoms. The SMILES string of the molecule is CCCCCCC/C=C\C/C=C\CCCCCCCCCCCCCC(=O)OC(COC(=O)CCCCCCCCCCCCCCCCCCCCC)COP(=O)(O)OCC(O)CO. The topological polar surface area (TPSA) is 149 Å². The number of aliphatic hydroxyl groups excluding tert-OH is 2. The molecule has 0 aliphatic carbocycles. The molecule has 0 aromatic heterocycles. The molecular weight excluding hydrogens is 840 g/mol. The smallest absolute Gasteiger partial charge is 0.462 e. The molecule has 0 fully saturated rings. The van der Waals surface area contributed by atoms with E-state index in [0.717, 1.165) is 44.9 Å². The maximum atomic E-state index is 12.7. The number of aliphatic hydroxyl groups is 2. The standard InChI is InChI=1S/C54H103O10P/c1-3-5-7-9-11-13-15-17-19-21-23-24-25-26-28-30-32-34-36-38-40-42-44-46-54(58)64-52(50-63-65(59,60)62-48-51(56)47-55)49-61-53(57)45-43-41-39-37-35-33-31-29-27-22-20-18-16-14-12-10-8-6-4-2/h15,17,21,23,51-52,55-56H,3-14,16,18-20,22,24-50H2,1-2H3,(H,59,60)/b17-15-,23-21-. The van der Waals surface area contributed by atoms with Gasteiger partial charge in [0.1, 0.15) is 12.7 Å². The summed E-state index contributed by atoms with van der Waals surface area (Å²) in [5, 5.41) is 18.4. The van der Waals surface area contributed by atoms with Crippen LogP contribution in [0.25, 0.3) is 0 Å². The summed E-state index contributed by atoms with van der Waals surface area (Å²) in [6.07, 6.45) is 54.3. The highest BCUT2D eigenvalue weighted by molar-refractivity contribution is 7.47. The Kier molecular flexibility index (Phi) is 49.1. The number of allylic oxidation sites excluding steroid dienone is 4. The molecule has 0 aliphatic heterocycles. The van der Waals surface area contributed by atoms with Crippen molar-refractivity contribution in [2.75, 3.05) is 26.4 Å². The van der Waals surface area contributed by atoms with Crippen LogP contribution in [0.1, 0.15) is 271 Å². The fourth-order valence-electron chi connectivity index (χ4n) is 7.91. The third kappa shape index (κ3) is 50.2. The van der Waals surface area contributed by atoms with Gasteiger partial charge in [-0.05, 0) is 44.9 Å². The molecule has 384 valence electrons. The number of unbranched alkanes of at least 4 members (excludes halogenated alkanes) is 34. The molecule has 0 aromatic carbocycles. The Hall–Kier alpha value is -1.55. The summed E-state index contributed by atoms with van der Waals surface area (Å²) in [5.74, 6) is -0.911. The van der Waals surface area contributed by atoms with E-state index in [1.807, 2.05) is 0 Å². The molecule has 0 heterocycles. The van der Waals surface area contributed by atoms with E-state index < -0.39 is 51.8 Å². The molecule has 0 aromatic rings. The first kappa shape index (κ1) is 63.5. The minimum absolute atomic E-state index is 0.185. The van der Waals surface area contributed by atoms with Crippen molar-refractivity contribution in [2.24, 2.45) is 0 Å². The minimum atomic E-state index is -4.62. The van der Waals surface area contributed by atoms with E-state index >= 15 is 0 Å². The van der Waals surface area contributed by atoms with Crippen LogP contribution in [-0.2, 0) is 32.7 Å².